The van der Waals surface area contributed by atoms with Crippen LogP contribution < -0.4 is 5.32 Å². The van der Waals surface area contributed by atoms with Crippen LogP contribution in [0.25, 0.3) is 0 Å². The van der Waals surface area contributed by atoms with Gasteiger partial charge < -0.3 is 10.1 Å². The molecule has 3 aliphatic rings. The van der Waals surface area contributed by atoms with Crippen LogP contribution in [0.2, 0.25) is 0 Å². The number of likely N-dealkylation sites (tertiary alicyclic amines) is 1. The monoisotopic (exact) mass is 329 g/mol. The van der Waals surface area contributed by atoms with Crippen LogP contribution in [-0.2, 0) is 16.1 Å². The van der Waals surface area contributed by atoms with Crippen molar-refractivity contribution in [2.75, 3.05) is 26.3 Å². The number of nitrogens with one attached hydrogen (secondary N) is 1. The van der Waals surface area contributed by atoms with Gasteiger partial charge in [0.15, 0.2) is 0 Å². The highest BCUT2D eigenvalue weighted by Crippen LogP contribution is 2.39. The van der Waals surface area contributed by atoms with E-state index >= 15 is 0 Å². The first-order valence-corrected chi connectivity index (χ1v) is 9.27. The van der Waals surface area contributed by atoms with Crippen molar-refractivity contribution in [3.63, 3.8) is 0 Å². The predicted octanol–water partition coefficient (Wildman–Crippen LogP) is 1.83. The predicted molar refractivity (Wildman–Crippen MR) is 91.2 cm³/mol. The lowest BCUT2D eigenvalue weighted by atomic mass is 9.81. The van der Waals surface area contributed by atoms with Gasteiger partial charge in [0.25, 0.3) is 0 Å². The number of hydrogen-bond acceptors (Lipinski definition) is 4. The lowest BCUT2D eigenvalue weighted by molar-refractivity contribution is -0.124. The van der Waals surface area contributed by atoms with Crippen molar-refractivity contribution < 1.29 is 9.53 Å². The fourth-order valence-corrected chi connectivity index (χ4v) is 4.41. The molecule has 1 N–H and O–H groups in total. The van der Waals surface area contributed by atoms with Gasteiger partial charge in [0.2, 0.25) is 5.91 Å². The molecule has 0 aromatic carbocycles. The average molecular weight is 329 g/mol. The first kappa shape index (κ1) is 16.0. The van der Waals surface area contributed by atoms with Crippen LogP contribution in [0, 0.1) is 17.8 Å². The molecule has 0 unspecified atom stereocenters. The standard InChI is InChI=1S/C19H27N3O2/c23-19(21-9-14-3-2-6-20-8-14)7-15-12-24-13-16-10-22(11-18(15)16)17-4-1-5-17/h2-3,6,8,15-18H,1,4-5,7,9-13H2,(H,21,23)/t15-,16-,18+/m1/s1. The zero-order valence-corrected chi connectivity index (χ0v) is 14.2. The van der Waals surface area contributed by atoms with Crippen molar-refractivity contribution >= 4 is 5.91 Å². The summed E-state index contributed by atoms with van der Waals surface area (Å²) in [4.78, 5) is 19.1. The Bertz CT molecular complexity index is 561. The van der Waals surface area contributed by atoms with Gasteiger partial charge in [-0.15, -0.1) is 0 Å². The van der Waals surface area contributed by atoms with Gasteiger partial charge in [-0.1, -0.05) is 12.5 Å². The number of ether oxygens (including phenoxy) is 1. The topological polar surface area (TPSA) is 54.5 Å². The van der Waals surface area contributed by atoms with E-state index in [1.165, 1.54) is 32.4 Å². The maximum atomic E-state index is 12.4. The molecule has 1 aromatic rings. The summed E-state index contributed by atoms with van der Waals surface area (Å²) < 4.78 is 5.82. The van der Waals surface area contributed by atoms with Gasteiger partial charge in [-0.3, -0.25) is 14.7 Å². The summed E-state index contributed by atoms with van der Waals surface area (Å²) in [6, 6.07) is 4.69. The van der Waals surface area contributed by atoms with E-state index < -0.39 is 0 Å². The number of aromatic nitrogens is 1. The Morgan fingerprint density at radius 1 is 1.33 bits per heavy atom. The molecule has 0 radical (unpaired) electrons. The Kier molecular flexibility index (Phi) is 4.81. The molecule has 0 bridgehead atoms. The van der Waals surface area contributed by atoms with E-state index in [-0.39, 0.29) is 5.91 Å². The SMILES string of the molecule is O=C(C[C@@H]1COC[C@H]2CN(C3CCC3)C[C@@H]12)NCc1cccnc1. The van der Waals surface area contributed by atoms with Crippen LogP contribution in [0.1, 0.15) is 31.2 Å². The molecule has 4 rings (SSSR count). The van der Waals surface area contributed by atoms with Crippen molar-refractivity contribution in [2.45, 2.75) is 38.3 Å². The number of rotatable bonds is 5. The van der Waals surface area contributed by atoms with Crippen LogP contribution in [0.5, 0.6) is 0 Å². The van der Waals surface area contributed by atoms with Crippen LogP contribution in [0.4, 0.5) is 0 Å². The van der Waals surface area contributed by atoms with Crippen molar-refractivity contribution in [2.24, 2.45) is 17.8 Å². The molecule has 1 aromatic heterocycles. The molecular weight excluding hydrogens is 302 g/mol. The van der Waals surface area contributed by atoms with Crippen molar-refractivity contribution in [3.05, 3.63) is 30.1 Å². The van der Waals surface area contributed by atoms with Crippen LogP contribution in [0.3, 0.4) is 0 Å². The minimum absolute atomic E-state index is 0.134. The highest BCUT2D eigenvalue weighted by molar-refractivity contribution is 5.76. The Labute approximate surface area is 143 Å². The lowest BCUT2D eigenvalue weighted by Crippen LogP contribution is -2.39. The van der Waals surface area contributed by atoms with E-state index in [1.54, 1.807) is 12.4 Å². The molecule has 2 aliphatic heterocycles. The highest BCUT2D eigenvalue weighted by Gasteiger charge is 2.44. The summed E-state index contributed by atoms with van der Waals surface area (Å²) in [5.74, 6) is 1.75. The Hall–Kier alpha value is -1.46. The number of fused-ring (bicyclic) bond motifs is 1. The fraction of sp³-hybridized carbons (Fsp3) is 0.684. The summed E-state index contributed by atoms with van der Waals surface area (Å²) in [6.07, 6.45) is 8.23. The normalized spacial score (nSPS) is 30.6. The number of carbonyl (C=O) groups excluding carboxylic acids is 1. The van der Waals surface area contributed by atoms with E-state index in [0.29, 0.717) is 30.7 Å². The lowest BCUT2D eigenvalue weighted by Gasteiger charge is -2.35. The summed E-state index contributed by atoms with van der Waals surface area (Å²) in [5, 5.41) is 3.03. The van der Waals surface area contributed by atoms with Crippen molar-refractivity contribution in [3.8, 4) is 0 Å². The zero-order valence-electron chi connectivity index (χ0n) is 14.2. The van der Waals surface area contributed by atoms with Crippen LogP contribution in [-0.4, -0.2) is 48.1 Å². The molecule has 1 saturated carbocycles. The van der Waals surface area contributed by atoms with Gasteiger partial charge in [0.05, 0.1) is 13.2 Å². The molecule has 24 heavy (non-hydrogen) atoms. The van der Waals surface area contributed by atoms with Gasteiger partial charge in [0.1, 0.15) is 0 Å². The second-order valence-electron chi connectivity index (χ2n) is 7.60. The Balaban J connectivity index is 1.29. The first-order valence-electron chi connectivity index (χ1n) is 9.27. The minimum Gasteiger partial charge on any atom is -0.381 e. The summed E-state index contributed by atoms with van der Waals surface area (Å²) in [5.41, 5.74) is 1.04. The maximum absolute atomic E-state index is 12.4. The van der Waals surface area contributed by atoms with E-state index in [0.717, 1.165) is 24.8 Å². The second kappa shape index (κ2) is 7.19. The number of nitrogens with zero attached hydrogens (tertiary/aromatic N) is 2. The first-order chi connectivity index (χ1) is 11.8. The molecule has 5 nitrogen and oxygen atoms in total. The van der Waals surface area contributed by atoms with Gasteiger partial charge in [-0.25, -0.2) is 0 Å². The highest BCUT2D eigenvalue weighted by atomic mass is 16.5. The van der Waals surface area contributed by atoms with E-state index in [1.807, 2.05) is 12.1 Å². The average Bonchev–Trinajstić information content (AvgIpc) is 2.97. The number of amides is 1. The summed E-state index contributed by atoms with van der Waals surface area (Å²) >= 11 is 0. The molecule has 130 valence electrons. The number of carbonyl (C=O) groups is 1. The number of pyridine rings is 1. The van der Waals surface area contributed by atoms with Crippen LogP contribution >= 0.6 is 0 Å². The molecule has 3 fully saturated rings. The quantitative estimate of drug-likeness (QED) is 0.895. The molecule has 5 heteroatoms. The zero-order chi connectivity index (χ0) is 16.4. The minimum atomic E-state index is 0.134. The smallest absolute Gasteiger partial charge is 0.220 e. The number of hydrogen-bond donors (Lipinski definition) is 1. The molecule has 3 atom stereocenters. The Morgan fingerprint density at radius 2 is 2.25 bits per heavy atom. The second-order valence-corrected chi connectivity index (χ2v) is 7.60. The van der Waals surface area contributed by atoms with Gasteiger partial charge in [0, 0.05) is 44.5 Å². The van der Waals surface area contributed by atoms with Gasteiger partial charge in [-0.05, 0) is 42.2 Å². The molecule has 0 spiro atoms. The van der Waals surface area contributed by atoms with E-state index in [2.05, 4.69) is 15.2 Å². The van der Waals surface area contributed by atoms with E-state index in [9.17, 15) is 4.79 Å². The molecule has 1 amide bonds. The molecule has 2 saturated heterocycles. The van der Waals surface area contributed by atoms with Crippen LogP contribution in [0.15, 0.2) is 24.5 Å². The summed E-state index contributed by atoms with van der Waals surface area (Å²) in [7, 11) is 0. The maximum Gasteiger partial charge on any atom is 0.220 e. The van der Waals surface area contributed by atoms with E-state index in [4.69, 9.17) is 4.74 Å². The van der Waals surface area contributed by atoms with Gasteiger partial charge in [-0.2, -0.15) is 0 Å². The molecular formula is C19H27N3O2. The summed E-state index contributed by atoms with van der Waals surface area (Å²) in [6.45, 7) is 4.51. The molecule has 1 aliphatic carbocycles. The van der Waals surface area contributed by atoms with Crippen molar-refractivity contribution in [1.29, 1.82) is 0 Å². The third kappa shape index (κ3) is 3.47. The van der Waals surface area contributed by atoms with Gasteiger partial charge >= 0.3 is 0 Å². The fourth-order valence-electron chi connectivity index (χ4n) is 4.41. The van der Waals surface area contributed by atoms with Crippen molar-refractivity contribution in [1.82, 2.24) is 15.2 Å². The Morgan fingerprint density at radius 3 is 3.00 bits per heavy atom. The largest absolute Gasteiger partial charge is 0.381 e. The third-order valence-electron chi connectivity index (χ3n) is 6.04. The molecule has 3 heterocycles. The third-order valence-corrected chi connectivity index (χ3v) is 6.04.